The summed E-state index contributed by atoms with van der Waals surface area (Å²) in [6, 6.07) is 1.96. The van der Waals surface area contributed by atoms with E-state index in [9.17, 15) is 5.11 Å². The Morgan fingerprint density at radius 2 is 2.14 bits per heavy atom. The number of aromatic nitrogens is 1. The third-order valence-corrected chi connectivity index (χ3v) is 6.86. The first-order chi connectivity index (χ1) is 14.0. The van der Waals surface area contributed by atoms with Gasteiger partial charge in [-0.3, -0.25) is 4.90 Å². The molecule has 0 saturated carbocycles. The van der Waals surface area contributed by atoms with Crippen LogP contribution in [0, 0.1) is 12.8 Å². The molecular weight excluding hydrogens is 402 g/mol. The fourth-order valence-electron chi connectivity index (χ4n) is 3.54. The van der Waals surface area contributed by atoms with Crippen molar-refractivity contribution in [3.63, 3.8) is 0 Å². The van der Waals surface area contributed by atoms with Crippen LogP contribution in [0.15, 0.2) is 27.2 Å². The molecule has 2 aromatic rings. The van der Waals surface area contributed by atoms with Crippen molar-refractivity contribution < 1.29 is 5.11 Å². The summed E-state index contributed by atoms with van der Waals surface area (Å²) >= 11 is 3.32. The number of aliphatic imine (C=N–C) groups is 1. The molecule has 1 saturated heterocycles. The summed E-state index contributed by atoms with van der Waals surface area (Å²) in [5, 5.41) is 24.8. The number of nitrogens with zero attached hydrogens (tertiary/aromatic N) is 3. The molecule has 1 unspecified atom stereocenters. The molecule has 3 heterocycles. The Hall–Kier alpha value is -1.48. The molecule has 1 fully saturated rings. The monoisotopic (exact) mass is 435 g/mol. The van der Waals surface area contributed by atoms with Crippen LogP contribution in [0.1, 0.15) is 43.0 Å². The van der Waals surface area contributed by atoms with Gasteiger partial charge in [0.05, 0.1) is 17.2 Å². The Labute approximate surface area is 182 Å². The zero-order chi connectivity index (χ0) is 20.7. The van der Waals surface area contributed by atoms with Gasteiger partial charge in [-0.25, -0.2) is 9.98 Å². The smallest absolute Gasteiger partial charge is 0.191 e. The Balaban J connectivity index is 1.44. The van der Waals surface area contributed by atoms with Crippen LogP contribution in [-0.4, -0.2) is 53.7 Å². The molecule has 3 N–H and O–H groups in total. The number of hydrogen-bond donors (Lipinski definition) is 3. The lowest BCUT2D eigenvalue weighted by Crippen LogP contribution is -2.43. The van der Waals surface area contributed by atoms with Crippen LogP contribution in [0.4, 0.5) is 0 Å². The molecule has 0 aliphatic carbocycles. The van der Waals surface area contributed by atoms with Crippen LogP contribution < -0.4 is 10.6 Å². The summed E-state index contributed by atoms with van der Waals surface area (Å²) in [6.07, 6.45) is 2.37. The molecule has 0 spiro atoms. The lowest BCUT2D eigenvalue weighted by molar-refractivity contribution is 0.0677. The average Bonchev–Trinajstić information content (AvgIpc) is 3.38. The molecule has 1 aliphatic rings. The highest BCUT2D eigenvalue weighted by molar-refractivity contribution is 7.09. The first-order valence-corrected chi connectivity index (χ1v) is 12.2. The summed E-state index contributed by atoms with van der Waals surface area (Å²) < 4.78 is 0. The first kappa shape index (κ1) is 22.2. The molecule has 1 atom stereocenters. The highest BCUT2D eigenvalue weighted by Crippen LogP contribution is 2.23. The van der Waals surface area contributed by atoms with Crippen molar-refractivity contribution in [2.75, 3.05) is 32.7 Å². The van der Waals surface area contributed by atoms with Gasteiger partial charge in [0.15, 0.2) is 5.96 Å². The Kier molecular flexibility index (Phi) is 8.06. The van der Waals surface area contributed by atoms with Crippen LogP contribution in [-0.2, 0) is 12.1 Å². The van der Waals surface area contributed by atoms with Crippen LogP contribution in [0.2, 0.25) is 0 Å². The number of thiazole rings is 1. The maximum absolute atomic E-state index is 10.7. The van der Waals surface area contributed by atoms with E-state index in [1.807, 2.05) is 23.8 Å². The minimum absolute atomic E-state index is 0.338. The molecule has 8 heteroatoms. The lowest BCUT2D eigenvalue weighted by atomic mass is 9.97. The number of aryl methyl sites for hydroxylation is 1. The molecule has 0 bridgehead atoms. The number of rotatable bonds is 8. The van der Waals surface area contributed by atoms with Crippen LogP contribution >= 0.6 is 22.7 Å². The second-order valence-electron chi connectivity index (χ2n) is 7.94. The Morgan fingerprint density at radius 3 is 2.76 bits per heavy atom. The van der Waals surface area contributed by atoms with E-state index in [0.29, 0.717) is 12.5 Å². The Morgan fingerprint density at radius 1 is 1.34 bits per heavy atom. The van der Waals surface area contributed by atoms with Crippen molar-refractivity contribution in [1.82, 2.24) is 20.5 Å². The zero-order valence-corrected chi connectivity index (χ0v) is 19.3. The van der Waals surface area contributed by atoms with Crippen LogP contribution in [0.5, 0.6) is 0 Å². The van der Waals surface area contributed by atoms with E-state index in [1.54, 1.807) is 22.7 Å². The normalized spacial score (nSPS) is 18.6. The molecular formula is C21H33N5OS2. The topological polar surface area (TPSA) is 72.8 Å². The molecule has 29 heavy (non-hydrogen) atoms. The van der Waals surface area contributed by atoms with Gasteiger partial charge in [-0.15, -0.1) is 11.3 Å². The van der Waals surface area contributed by atoms with Gasteiger partial charge >= 0.3 is 0 Å². The maximum Gasteiger partial charge on any atom is 0.191 e. The van der Waals surface area contributed by atoms with Crippen molar-refractivity contribution >= 4 is 28.6 Å². The largest absolute Gasteiger partial charge is 0.383 e. The number of piperidine rings is 1. The van der Waals surface area contributed by atoms with Crippen molar-refractivity contribution in [3.05, 3.63) is 38.5 Å². The fraction of sp³-hybridized carbons (Fsp3) is 0.619. The third-order valence-electron chi connectivity index (χ3n) is 5.35. The summed E-state index contributed by atoms with van der Waals surface area (Å²) in [7, 11) is 0. The fourth-order valence-corrected chi connectivity index (χ4v) is 4.92. The standard InChI is InChI=1S/C21H33N5OS2/c1-4-22-20(24-15-21(3,27)18-7-10-28-13-18)23-11-17-5-8-26(9-6-17)12-19-14-29-16(2)25-19/h7,10,13-14,17,27H,4-6,8-9,11-12,15H2,1-3H3,(H2,22,23,24). The van der Waals surface area contributed by atoms with E-state index in [2.05, 4.69) is 44.7 Å². The number of nitrogens with one attached hydrogen (secondary N) is 2. The zero-order valence-electron chi connectivity index (χ0n) is 17.6. The minimum atomic E-state index is -0.943. The second-order valence-corrected chi connectivity index (χ2v) is 9.78. The molecule has 0 aromatic carbocycles. The van der Waals surface area contributed by atoms with E-state index in [4.69, 9.17) is 0 Å². The molecule has 6 nitrogen and oxygen atoms in total. The SMILES string of the molecule is CCNC(=NCC(C)(O)c1ccsc1)NCC1CCN(Cc2csc(C)n2)CC1. The summed E-state index contributed by atoms with van der Waals surface area (Å²) in [5.41, 5.74) is 1.18. The average molecular weight is 436 g/mol. The van der Waals surface area contributed by atoms with Gasteiger partial charge in [-0.05, 0) is 75.0 Å². The van der Waals surface area contributed by atoms with Gasteiger partial charge in [0.1, 0.15) is 5.60 Å². The molecule has 2 aromatic heterocycles. The van der Waals surface area contributed by atoms with E-state index < -0.39 is 5.60 Å². The minimum Gasteiger partial charge on any atom is -0.383 e. The van der Waals surface area contributed by atoms with E-state index in [0.717, 1.165) is 49.3 Å². The molecule has 0 amide bonds. The molecule has 1 aliphatic heterocycles. The predicted molar refractivity (Wildman–Crippen MR) is 123 cm³/mol. The number of aliphatic hydroxyl groups is 1. The number of hydrogen-bond acceptors (Lipinski definition) is 6. The van der Waals surface area contributed by atoms with Crippen molar-refractivity contribution in [1.29, 1.82) is 0 Å². The second kappa shape index (κ2) is 10.5. The van der Waals surface area contributed by atoms with Crippen LogP contribution in [0.25, 0.3) is 0 Å². The number of guanidine groups is 1. The van der Waals surface area contributed by atoms with E-state index >= 15 is 0 Å². The third kappa shape index (κ3) is 6.77. The van der Waals surface area contributed by atoms with Crippen molar-refractivity contribution in [3.8, 4) is 0 Å². The van der Waals surface area contributed by atoms with Crippen molar-refractivity contribution in [2.24, 2.45) is 10.9 Å². The van der Waals surface area contributed by atoms with Gasteiger partial charge in [0.25, 0.3) is 0 Å². The van der Waals surface area contributed by atoms with Crippen molar-refractivity contribution in [2.45, 2.75) is 45.8 Å². The summed E-state index contributed by atoms with van der Waals surface area (Å²) in [4.78, 5) is 11.7. The molecule has 160 valence electrons. The summed E-state index contributed by atoms with van der Waals surface area (Å²) in [6.45, 7) is 11.2. The van der Waals surface area contributed by atoms with Gasteiger partial charge in [-0.2, -0.15) is 11.3 Å². The van der Waals surface area contributed by atoms with Gasteiger partial charge in [0, 0.05) is 25.0 Å². The van der Waals surface area contributed by atoms with Gasteiger partial charge < -0.3 is 15.7 Å². The highest BCUT2D eigenvalue weighted by Gasteiger charge is 2.24. The number of likely N-dealkylation sites (tertiary alicyclic amines) is 1. The molecule has 0 radical (unpaired) electrons. The quantitative estimate of drug-likeness (QED) is 0.439. The lowest BCUT2D eigenvalue weighted by Gasteiger charge is -2.32. The Bertz CT molecular complexity index is 764. The maximum atomic E-state index is 10.7. The van der Waals surface area contributed by atoms with E-state index in [-0.39, 0.29) is 0 Å². The summed E-state index contributed by atoms with van der Waals surface area (Å²) in [5.74, 6) is 1.42. The first-order valence-electron chi connectivity index (χ1n) is 10.4. The van der Waals surface area contributed by atoms with Gasteiger partial charge in [0.2, 0.25) is 0 Å². The van der Waals surface area contributed by atoms with Crippen LogP contribution in [0.3, 0.4) is 0 Å². The van der Waals surface area contributed by atoms with Gasteiger partial charge in [-0.1, -0.05) is 0 Å². The molecule has 3 rings (SSSR count). The number of thiophene rings is 1. The van der Waals surface area contributed by atoms with E-state index in [1.165, 1.54) is 18.5 Å². The predicted octanol–water partition coefficient (Wildman–Crippen LogP) is 3.19. The highest BCUT2D eigenvalue weighted by atomic mass is 32.1.